The fraction of sp³-hybridized carbons (Fsp3) is 0. The third-order valence-corrected chi connectivity index (χ3v) is 4.01. The fourth-order valence-electron chi connectivity index (χ4n) is 1.62. The van der Waals surface area contributed by atoms with Gasteiger partial charge in [0.05, 0.1) is 11.4 Å². The minimum Gasteiger partial charge on any atom is -0.323 e. The standard InChI is InChI=1S/C12H10F3N3O2S/c13-7-5-9(15)11(6-8(7)14)18-21(19,20)12-4-2-1-3-10(12)17-16/h1-6,17-18H,16H2. The molecule has 2 aromatic rings. The van der Waals surface area contributed by atoms with Gasteiger partial charge in [-0.1, -0.05) is 12.1 Å². The Morgan fingerprint density at radius 3 is 2.19 bits per heavy atom. The van der Waals surface area contributed by atoms with Gasteiger partial charge in [0, 0.05) is 12.1 Å². The first-order chi connectivity index (χ1) is 9.85. The second-order valence-corrected chi connectivity index (χ2v) is 5.64. The average Bonchev–Trinajstić information content (AvgIpc) is 2.44. The van der Waals surface area contributed by atoms with Gasteiger partial charge >= 0.3 is 0 Å². The Balaban J connectivity index is 2.45. The summed E-state index contributed by atoms with van der Waals surface area (Å²) in [6.07, 6.45) is 0. The summed E-state index contributed by atoms with van der Waals surface area (Å²) in [7, 11) is -4.23. The van der Waals surface area contributed by atoms with E-state index in [1.807, 2.05) is 4.72 Å². The van der Waals surface area contributed by atoms with Crippen LogP contribution >= 0.6 is 0 Å². The zero-order chi connectivity index (χ0) is 15.6. The lowest BCUT2D eigenvalue weighted by molar-refractivity contribution is 0.496. The lowest BCUT2D eigenvalue weighted by atomic mass is 10.3. The van der Waals surface area contributed by atoms with Crippen molar-refractivity contribution in [1.82, 2.24) is 0 Å². The van der Waals surface area contributed by atoms with Crippen molar-refractivity contribution in [3.8, 4) is 0 Å². The highest BCUT2D eigenvalue weighted by Gasteiger charge is 2.21. The van der Waals surface area contributed by atoms with Crippen LogP contribution in [0, 0.1) is 17.5 Å². The van der Waals surface area contributed by atoms with Crippen LogP contribution in [0.1, 0.15) is 0 Å². The molecule has 0 aliphatic carbocycles. The number of nitrogens with one attached hydrogen (secondary N) is 2. The van der Waals surface area contributed by atoms with E-state index in [4.69, 9.17) is 5.84 Å². The molecule has 9 heteroatoms. The quantitative estimate of drug-likeness (QED) is 0.458. The maximum atomic E-state index is 13.5. The summed E-state index contributed by atoms with van der Waals surface area (Å²) in [4.78, 5) is -0.267. The first-order valence-electron chi connectivity index (χ1n) is 5.58. The fourth-order valence-corrected chi connectivity index (χ4v) is 2.85. The molecule has 0 amide bonds. The third kappa shape index (κ3) is 3.09. The second kappa shape index (κ2) is 5.62. The molecular weight excluding hydrogens is 307 g/mol. The highest BCUT2D eigenvalue weighted by atomic mass is 32.2. The van der Waals surface area contributed by atoms with Crippen molar-refractivity contribution >= 4 is 21.4 Å². The lowest BCUT2D eigenvalue weighted by Crippen LogP contribution is -2.18. The van der Waals surface area contributed by atoms with Crippen LogP contribution in [0.5, 0.6) is 0 Å². The first-order valence-corrected chi connectivity index (χ1v) is 7.06. The van der Waals surface area contributed by atoms with E-state index in [2.05, 4.69) is 5.43 Å². The molecule has 0 heterocycles. The number of hydrazine groups is 1. The number of nitrogens with two attached hydrogens (primary N) is 1. The van der Waals surface area contributed by atoms with E-state index in [0.717, 1.165) is 0 Å². The molecule has 0 radical (unpaired) electrons. The van der Waals surface area contributed by atoms with Crippen molar-refractivity contribution in [3.63, 3.8) is 0 Å². The SMILES string of the molecule is NNc1ccccc1S(=O)(=O)Nc1cc(F)c(F)cc1F. The Kier molecular flexibility index (Phi) is 4.05. The second-order valence-electron chi connectivity index (χ2n) is 3.99. The van der Waals surface area contributed by atoms with Crippen LogP contribution < -0.4 is 16.0 Å². The molecule has 0 saturated heterocycles. The smallest absolute Gasteiger partial charge is 0.264 e. The highest BCUT2D eigenvalue weighted by molar-refractivity contribution is 7.92. The molecule has 0 bridgehead atoms. The van der Waals surface area contributed by atoms with Gasteiger partial charge in [0.2, 0.25) is 0 Å². The number of nitrogen functional groups attached to an aromatic ring is 1. The van der Waals surface area contributed by atoms with Gasteiger partial charge in [0.15, 0.2) is 11.6 Å². The monoisotopic (exact) mass is 317 g/mol. The number of anilines is 2. The molecule has 5 nitrogen and oxygen atoms in total. The summed E-state index contributed by atoms with van der Waals surface area (Å²) >= 11 is 0. The number of para-hydroxylation sites is 1. The van der Waals surface area contributed by atoms with E-state index in [0.29, 0.717) is 6.07 Å². The first kappa shape index (κ1) is 15.1. The molecule has 2 aromatic carbocycles. The van der Waals surface area contributed by atoms with Gasteiger partial charge < -0.3 is 5.43 Å². The average molecular weight is 317 g/mol. The van der Waals surface area contributed by atoms with E-state index in [1.165, 1.54) is 24.3 Å². The summed E-state index contributed by atoms with van der Waals surface area (Å²) < 4.78 is 65.5. The zero-order valence-electron chi connectivity index (χ0n) is 10.4. The summed E-state index contributed by atoms with van der Waals surface area (Å²) in [5.41, 5.74) is 1.53. The van der Waals surface area contributed by atoms with E-state index in [1.54, 1.807) is 0 Å². The number of hydrogen-bond donors (Lipinski definition) is 3. The van der Waals surface area contributed by atoms with Gasteiger partial charge in [0.25, 0.3) is 10.0 Å². The molecule has 0 atom stereocenters. The normalized spacial score (nSPS) is 11.2. The Hall–Kier alpha value is -2.26. The van der Waals surface area contributed by atoms with Gasteiger partial charge in [-0.25, -0.2) is 21.6 Å². The number of benzene rings is 2. The van der Waals surface area contributed by atoms with E-state index in [9.17, 15) is 21.6 Å². The largest absolute Gasteiger partial charge is 0.323 e. The topological polar surface area (TPSA) is 84.2 Å². The predicted molar refractivity (Wildman–Crippen MR) is 71.4 cm³/mol. The van der Waals surface area contributed by atoms with Gasteiger partial charge in [-0.05, 0) is 12.1 Å². The molecule has 0 unspecified atom stereocenters. The summed E-state index contributed by atoms with van der Waals surface area (Å²) in [5, 5.41) is 0. The van der Waals surface area contributed by atoms with Crippen molar-refractivity contribution < 1.29 is 21.6 Å². The Bertz CT molecular complexity index is 781. The maximum Gasteiger partial charge on any atom is 0.264 e. The molecule has 2 rings (SSSR count). The van der Waals surface area contributed by atoms with Crippen LogP contribution in [-0.2, 0) is 10.0 Å². The zero-order valence-corrected chi connectivity index (χ0v) is 11.2. The van der Waals surface area contributed by atoms with Crippen LogP contribution in [0.4, 0.5) is 24.5 Å². The van der Waals surface area contributed by atoms with Crippen molar-refractivity contribution in [2.24, 2.45) is 5.84 Å². The molecule has 0 saturated carbocycles. The number of rotatable bonds is 4. The van der Waals surface area contributed by atoms with Gasteiger partial charge in [0.1, 0.15) is 10.7 Å². The van der Waals surface area contributed by atoms with Crippen molar-refractivity contribution in [2.45, 2.75) is 4.90 Å². The minimum atomic E-state index is -4.23. The van der Waals surface area contributed by atoms with Crippen LogP contribution in [0.25, 0.3) is 0 Å². The Morgan fingerprint density at radius 2 is 1.52 bits per heavy atom. The van der Waals surface area contributed by atoms with Gasteiger partial charge in [-0.2, -0.15) is 0 Å². The highest BCUT2D eigenvalue weighted by Crippen LogP contribution is 2.25. The van der Waals surface area contributed by atoms with Crippen LogP contribution in [0.3, 0.4) is 0 Å². The molecule has 4 N–H and O–H groups in total. The minimum absolute atomic E-state index is 0.0630. The van der Waals surface area contributed by atoms with Crippen molar-refractivity contribution in [1.29, 1.82) is 0 Å². The number of hydrogen-bond acceptors (Lipinski definition) is 4. The number of halogens is 3. The summed E-state index contributed by atoms with van der Waals surface area (Å²) in [6.45, 7) is 0. The van der Waals surface area contributed by atoms with Gasteiger partial charge in [-0.3, -0.25) is 10.6 Å². The molecule has 0 aliphatic rings. The third-order valence-electron chi connectivity index (χ3n) is 2.59. The van der Waals surface area contributed by atoms with Crippen molar-refractivity contribution in [3.05, 3.63) is 53.8 Å². The Morgan fingerprint density at radius 1 is 0.905 bits per heavy atom. The van der Waals surface area contributed by atoms with E-state index < -0.39 is 33.2 Å². The maximum absolute atomic E-state index is 13.5. The van der Waals surface area contributed by atoms with Crippen LogP contribution in [-0.4, -0.2) is 8.42 Å². The molecule has 112 valence electrons. The summed E-state index contributed by atoms with van der Waals surface area (Å²) in [5.74, 6) is 1.16. The van der Waals surface area contributed by atoms with Gasteiger partial charge in [-0.15, -0.1) is 0 Å². The predicted octanol–water partition coefficient (Wildman–Crippen LogP) is 2.19. The summed E-state index contributed by atoms with van der Waals surface area (Å²) in [6, 6.07) is 6.23. The van der Waals surface area contributed by atoms with Crippen LogP contribution in [0.15, 0.2) is 41.3 Å². The van der Waals surface area contributed by atoms with E-state index >= 15 is 0 Å². The lowest BCUT2D eigenvalue weighted by Gasteiger charge is -2.12. The molecular formula is C12H10F3N3O2S. The number of sulfonamides is 1. The van der Waals surface area contributed by atoms with Crippen LogP contribution in [0.2, 0.25) is 0 Å². The van der Waals surface area contributed by atoms with E-state index in [-0.39, 0.29) is 16.6 Å². The molecule has 0 aliphatic heterocycles. The molecule has 21 heavy (non-hydrogen) atoms. The molecule has 0 fully saturated rings. The molecule has 0 spiro atoms. The van der Waals surface area contributed by atoms with Crippen molar-refractivity contribution in [2.75, 3.05) is 10.1 Å². The molecule has 0 aromatic heterocycles. The Labute approximate surface area is 118 Å².